The van der Waals surface area contributed by atoms with Crippen LogP contribution in [-0.2, 0) is 30.4 Å². The quantitative estimate of drug-likeness (QED) is 0.118. The zero-order valence-electron chi connectivity index (χ0n) is 34.1. The van der Waals surface area contributed by atoms with Crippen molar-refractivity contribution in [1.82, 2.24) is 0 Å². The molecule has 11 nitrogen and oxygen atoms in total. The second-order valence-corrected chi connectivity index (χ2v) is 12.4. The van der Waals surface area contributed by atoms with Crippen LogP contribution in [0.5, 0.6) is 5.75 Å². The van der Waals surface area contributed by atoms with Gasteiger partial charge in [-0.1, -0.05) is 67.1 Å². The van der Waals surface area contributed by atoms with Crippen molar-refractivity contribution in [3.05, 3.63) is 141 Å². The van der Waals surface area contributed by atoms with Crippen LogP contribution >= 0.6 is 0 Å². The molecule has 0 bridgehead atoms. The van der Waals surface area contributed by atoms with Gasteiger partial charge in [0.15, 0.2) is 0 Å². The predicted molar refractivity (Wildman–Crippen MR) is 225 cm³/mol. The van der Waals surface area contributed by atoms with Crippen LogP contribution in [0.1, 0.15) is 57.0 Å². The maximum Gasteiger partial charge on any atom is 0.240 e. The van der Waals surface area contributed by atoms with E-state index in [2.05, 4.69) is 25.0 Å². The highest BCUT2D eigenvalue weighted by Crippen LogP contribution is 2.24. The third-order valence-electron chi connectivity index (χ3n) is 8.22. The van der Waals surface area contributed by atoms with Crippen molar-refractivity contribution in [3.63, 3.8) is 0 Å². The van der Waals surface area contributed by atoms with E-state index in [0.29, 0.717) is 22.7 Å². The number of para-hydroxylation sites is 1. The molecule has 0 spiro atoms. The summed E-state index contributed by atoms with van der Waals surface area (Å²) in [5, 5.41) is 0. The second-order valence-electron chi connectivity index (χ2n) is 12.4. The van der Waals surface area contributed by atoms with Crippen LogP contribution in [0.2, 0.25) is 0 Å². The van der Waals surface area contributed by atoms with Gasteiger partial charge in [-0.2, -0.15) is 25.0 Å². The lowest BCUT2D eigenvalue weighted by Crippen LogP contribution is -1.83. The van der Waals surface area contributed by atoms with E-state index in [1.54, 1.807) is 31.4 Å². The smallest absolute Gasteiger partial charge is 0.240 e. The van der Waals surface area contributed by atoms with Crippen LogP contribution in [0.15, 0.2) is 116 Å². The largest absolute Gasteiger partial charge is 0.497 e. The Balaban J connectivity index is 0.000000356. The molecule has 0 saturated carbocycles. The molecule has 0 aromatic heterocycles. The number of carbonyl (C=O) groups excluding carboxylic acids is 5. The number of hydrogen-bond acceptors (Lipinski definition) is 11. The standard InChI is InChI=1S/C10H11NO.C9H9NO2.3C9H9NO/c1-3-9-6-4-5-8(2)10(9)11-7-12;1-7-5-8(12-2)3-4-9(7)10-6-11;1-7-3-4-9(10-6-11)8(2)5-7;1-7-3-4-8(2)9(5-7)10-6-11;1-7-4-3-5-9(8(7)2)10-6-11/h4-6H,3H2,1-2H3;3-5H,1-2H3;3*3-5H,1-2H3. The number of benzene rings is 5. The molecule has 292 valence electrons. The summed E-state index contributed by atoms with van der Waals surface area (Å²) in [7, 11) is 1.59. The number of rotatable bonds is 7. The summed E-state index contributed by atoms with van der Waals surface area (Å²) < 4.78 is 4.99. The van der Waals surface area contributed by atoms with E-state index < -0.39 is 0 Å². The Labute approximate surface area is 334 Å². The van der Waals surface area contributed by atoms with Crippen molar-refractivity contribution in [3.8, 4) is 5.75 Å². The summed E-state index contributed by atoms with van der Waals surface area (Å²) in [4.78, 5) is 67.7. The van der Waals surface area contributed by atoms with Gasteiger partial charge < -0.3 is 4.74 Å². The highest BCUT2D eigenvalue weighted by molar-refractivity contribution is 5.59. The molecule has 0 saturated heterocycles. The molecule has 5 aromatic rings. The van der Waals surface area contributed by atoms with E-state index in [-0.39, 0.29) is 0 Å². The first-order valence-electron chi connectivity index (χ1n) is 17.6. The van der Waals surface area contributed by atoms with Crippen LogP contribution in [0.25, 0.3) is 0 Å². The van der Waals surface area contributed by atoms with Crippen LogP contribution < -0.4 is 4.74 Å². The fraction of sp³-hybridized carbons (Fsp3) is 0.239. The fourth-order valence-electron chi connectivity index (χ4n) is 4.92. The Morgan fingerprint density at radius 2 is 0.947 bits per heavy atom. The molecule has 5 aromatic carbocycles. The summed E-state index contributed by atoms with van der Waals surface area (Å²) in [6, 6.07) is 28.3. The van der Waals surface area contributed by atoms with Crippen LogP contribution in [0.3, 0.4) is 0 Å². The van der Waals surface area contributed by atoms with Gasteiger partial charge in [0.25, 0.3) is 0 Å². The van der Waals surface area contributed by atoms with Crippen LogP contribution in [0.4, 0.5) is 28.4 Å². The number of hydrogen-bond donors (Lipinski definition) is 0. The van der Waals surface area contributed by atoms with Crippen molar-refractivity contribution in [1.29, 1.82) is 0 Å². The van der Waals surface area contributed by atoms with Gasteiger partial charge in [0.1, 0.15) is 5.75 Å². The van der Waals surface area contributed by atoms with Gasteiger partial charge in [0.05, 0.1) is 35.5 Å². The van der Waals surface area contributed by atoms with E-state index in [1.165, 1.54) is 29.9 Å². The molecule has 5 rings (SSSR count). The Hall–Kier alpha value is -7.20. The third-order valence-corrected chi connectivity index (χ3v) is 8.22. The summed E-state index contributed by atoms with van der Waals surface area (Å²) in [5.74, 6) is 0.761. The van der Waals surface area contributed by atoms with Crippen LogP contribution in [-0.4, -0.2) is 37.5 Å². The van der Waals surface area contributed by atoms with Gasteiger partial charge in [0.2, 0.25) is 30.4 Å². The van der Waals surface area contributed by atoms with Gasteiger partial charge >= 0.3 is 0 Å². The number of ether oxygens (including phenoxy) is 1. The number of aliphatic imine (C=N–C) groups is 5. The second kappa shape index (κ2) is 26.6. The maximum atomic E-state index is 10.1. The van der Waals surface area contributed by atoms with Crippen molar-refractivity contribution in [2.45, 2.75) is 68.7 Å². The molecule has 0 radical (unpaired) electrons. The lowest BCUT2D eigenvalue weighted by molar-refractivity contribution is 0.414. The van der Waals surface area contributed by atoms with Gasteiger partial charge in [0, 0.05) is 0 Å². The maximum absolute atomic E-state index is 10.1. The van der Waals surface area contributed by atoms with E-state index in [1.807, 2.05) is 135 Å². The molecular weight excluding hydrogens is 719 g/mol. The molecule has 0 fully saturated rings. The molecule has 0 unspecified atom stereocenters. The highest BCUT2D eigenvalue weighted by Gasteiger charge is 2.02. The summed E-state index contributed by atoms with van der Waals surface area (Å²) >= 11 is 0. The van der Waals surface area contributed by atoms with E-state index in [9.17, 15) is 24.0 Å². The fourth-order valence-corrected chi connectivity index (χ4v) is 4.92. The number of isocyanates is 5. The lowest BCUT2D eigenvalue weighted by Gasteiger charge is -2.03. The highest BCUT2D eigenvalue weighted by atomic mass is 16.5. The molecule has 0 aliphatic carbocycles. The van der Waals surface area contributed by atoms with Crippen molar-refractivity contribution in [2.75, 3.05) is 7.11 Å². The van der Waals surface area contributed by atoms with Crippen molar-refractivity contribution >= 4 is 58.8 Å². The predicted octanol–water partition coefficient (Wildman–Crippen LogP) is 11.3. The van der Waals surface area contributed by atoms with Crippen molar-refractivity contribution < 1.29 is 28.7 Å². The van der Waals surface area contributed by atoms with E-state index in [0.717, 1.165) is 62.4 Å². The van der Waals surface area contributed by atoms with Gasteiger partial charge in [-0.25, -0.2) is 24.0 Å². The molecule has 0 aliphatic heterocycles. The molecule has 0 atom stereocenters. The summed E-state index contributed by atoms with van der Waals surface area (Å²) in [6.07, 6.45) is 8.54. The number of aryl methyl sites for hydroxylation is 8. The minimum Gasteiger partial charge on any atom is -0.497 e. The Morgan fingerprint density at radius 1 is 0.456 bits per heavy atom. The molecular formula is C46H47N5O6. The average molecular weight is 766 g/mol. The lowest BCUT2D eigenvalue weighted by atomic mass is 10.1. The summed E-state index contributed by atoms with van der Waals surface area (Å²) in [5.41, 5.74) is 13.0. The van der Waals surface area contributed by atoms with Crippen LogP contribution in [0, 0.1) is 55.4 Å². The number of nitrogens with zero attached hydrogens (tertiary/aromatic N) is 5. The topological polar surface area (TPSA) is 156 Å². The molecule has 11 heteroatoms. The average Bonchev–Trinajstić information content (AvgIpc) is 3.19. The Morgan fingerprint density at radius 3 is 1.49 bits per heavy atom. The zero-order valence-corrected chi connectivity index (χ0v) is 34.1. The monoisotopic (exact) mass is 765 g/mol. The minimum atomic E-state index is 0.630. The molecule has 57 heavy (non-hydrogen) atoms. The minimum absolute atomic E-state index is 0.630. The Bertz CT molecular complexity index is 2340. The molecule has 0 heterocycles. The first-order chi connectivity index (χ1) is 27.3. The molecule has 0 aliphatic rings. The third kappa shape index (κ3) is 17.2. The molecule has 0 amide bonds. The number of methoxy groups -OCH3 is 1. The SMILES string of the molecule is CCc1cccc(C)c1N=C=O.COc1ccc(N=C=O)c(C)c1.Cc1ccc(C)c(N=C=O)c1.Cc1ccc(N=C=O)c(C)c1.Cc1cccc(N=C=O)c1C. The van der Waals surface area contributed by atoms with E-state index >= 15 is 0 Å². The van der Waals surface area contributed by atoms with Gasteiger partial charge in [-0.3, -0.25) is 0 Å². The van der Waals surface area contributed by atoms with E-state index in [4.69, 9.17) is 4.74 Å². The van der Waals surface area contributed by atoms with Gasteiger partial charge in [-0.05, 0) is 143 Å². The molecule has 0 N–H and O–H groups in total. The summed E-state index contributed by atoms with van der Waals surface area (Å²) in [6.45, 7) is 17.6. The Kier molecular flexibility index (Phi) is 22.3. The first-order valence-corrected chi connectivity index (χ1v) is 17.6. The van der Waals surface area contributed by atoms with Gasteiger partial charge in [-0.15, -0.1) is 0 Å². The van der Waals surface area contributed by atoms with Crippen molar-refractivity contribution in [2.24, 2.45) is 25.0 Å². The zero-order chi connectivity index (χ0) is 42.8. The normalized spacial score (nSPS) is 8.95. The first kappa shape index (κ1) is 47.8.